The predicted octanol–water partition coefficient (Wildman–Crippen LogP) is 5.37. The summed E-state index contributed by atoms with van der Waals surface area (Å²) in [5, 5.41) is 2.94. The molecule has 8 heteroatoms. The fourth-order valence-corrected chi connectivity index (χ4v) is 4.64. The van der Waals surface area contributed by atoms with E-state index >= 15 is 0 Å². The van der Waals surface area contributed by atoms with Crippen molar-refractivity contribution in [2.45, 2.75) is 56.9 Å². The van der Waals surface area contributed by atoms with E-state index in [0.717, 1.165) is 50.3 Å². The zero-order valence-electron chi connectivity index (χ0n) is 16.5. The van der Waals surface area contributed by atoms with Gasteiger partial charge in [0, 0.05) is 16.8 Å². The van der Waals surface area contributed by atoms with Crippen LogP contribution in [0.5, 0.6) is 0 Å². The molecule has 1 fully saturated rings. The van der Waals surface area contributed by atoms with Gasteiger partial charge in [-0.1, -0.05) is 50.8 Å². The number of benzene rings is 2. The lowest BCUT2D eigenvalue weighted by molar-refractivity contribution is 0.102. The number of hydrogen-bond donors (Lipinski definition) is 2. The molecule has 0 unspecified atom stereocenters. The first-order chi connectivity index (χ1) is 13.8. The van der Waals surface area contributed by atoms with Gasteiger partial charge in [0.2, 0.25) is 10.0 Å². The number of anilines is 1. The van der Waals surface area contributed by atoms with Gasteiger partial charge in [0.05, 0.1) is 10.5 Å². The molecule has 29 heavy (non-hydrogen) atoms. The molecule has 0 bridgehead atoms. The van der Waals surface area contributed by atoms with E-state index in [1.165, 1.54) is 6.07 Å². The van der Waals surface area contributed by atoms with Crippen LogP contribution in [0.3, 0.4) is 0 Å². The lowest BCUT2D eigenvalue weighted by Crippen LogP contribution is -2.36. The maximum atomic E-state index is 14.1. The highest BCUT2D eigenvalue weighted by Gasteiger charge is 2.24. The van der Waals surface area contributed by atoms with Crippen molar-refractivity contribution in [1.82, 2.24) is 4.72 Å². The third-order valence-corrected chi connectivity index (χ3v) is 6.26. The van der Waals surface area contributed by atoms with Crippen LogP contribution in [0.4, 0.5) is 10.1 Å². The Bertz CT molecular complexity index is 945. The minimum absolute atomic E-state index is 0.127. The van der Waals surface area contributed by atoms with Crippen molar-refractivity contribution in [3.05, 3.63) is 58.9 Å². The fourth-order valence-electron chi connectivity index (χ4n) is 3.12. The average Bonchev–Trinajstić information content (AvgIpc) is 2.70. The quantitative estimate of drug-likeness (QED) is 0.656. The molecule has 2 aromatic rings. The van der Waals surface area contributed by atoms with E-state index < -0.39 is 21.7 Å². The number of sulfonamides is 1. The molecule has 0 saturated heterocycles. The Kier molecular flexibility index (Phi) is 8.61. The molecule has 3 rings (SSSR count). The minimum atomic E-state index is -3.83. The summed E-state index contributed by atoms with van der Waals surface area (Å²) in [6.45, 7) is 4.00. The van der Waals surface area contributed by atoms with Gasteiger partial charge in [-0.3, -0.25) is 4.79 Å². The van der Waals surface area contributed by atoms with Gasteiger partial charge in [0.25, 0.3) is 5.91 Å². The van der Waals surface area contributed by atoms with Gasteiger partial charge in [-0.25, -0.2) is 17.5 Å². The highest BCUT2D eigenvalue weighted by molar-refractivity contribution is 7.89. The Balaban J connectivity index is 0.00000145. The Morgan fingerprint density at radius 3 is 2.41 bits per heavy atom. The van der Waals surface area contributed by atoms with Gasteiger partial charge in [-0.2, -0.15) is 0 Å². The van der Waals surface area contributed by atoms with Crippen LogP contribution in [0.25, 0.3) is 0 Å². The van der Waals surface area contributed by atoms with E-state index in [9.17, 15) is 17.6 Å². The molecular weight excluding hydrogens is 415 g/mol. The maximum absolute atomic E-state index is 14.1. The van der Waals surface area contributed by atoms with Crippen LogP contribution < -0.4 is 10.0 Å². The van der Waals surface area contributed by atoms with Gasteiger partial charge in [-0.15, -0.1) is 0 Å². The Morgan fingerprint density at radius 2 is 1.76 bits per heavy atom. The first kappa shape index (κ1) is 23.3. The number of nitrogens with one attached hydrogen (secondary N) is 2. The smallest absolute Gasteiger partial charge is 0.258 e. The van der Waals surface area contributed by atoms with Gasteiger partial charge < -0.3 is 5.32 Å². The number of amides is 1. The van der Waals surface area contributed by atoms with Crippen molar-refractivity contribution < 1.29 is 17.6 Å². The second-order valence-electron chi connectivity index (χ2n) is 6.56. The van der Waals surface area contributed by atoms with Crippen molar-refractivity contribution in [3.63, 3.8) is 0 Å². The van der Waals surface area contributed by atoms with Crippen molar-refractivity contribution >= 4 is 33.2 Å². The number of hydrogen-bond acceptors (Lipinski definition) is 3. The van der Waals surface area contributed by atoms with Crippen LogP contribution >= 0.6 is 11.6 Å². The van der Waals surface area contributed by atoms with Gasteiger partial charge >= 0.3 is 0 Å². The Labute approximate surface area is 176 Å². The predicted molar refractivity (Wildman–Crippen MR) is 114 cm³/mol. The molecule has 0 spiro atoms. The Hall–Kier alpha value is -1.96. The summed E-state index contributed by atoms with van der Waals surface area (Å²) >= 11 is 5.87. The van der Waals surface area contributed by atoms with Crippen molar-refractivity contribution in [2.75, 3.05) is 5.32 Å². The third kappa shape index (κ3) is 6.52. The summed E-state index contributed by atoms with van der Waals surface area (Å²) in [6, 6.07) is 9.48. The molecule has 2 aromatic carbocycles. The van der Waals surface area contributed by atoms with E-state index in [1.54, 1.807) is 18.2 Å². The van der Waals surface area contributed by atoms with Crippen LogP contribution in [-0.2, 0) is 10.0 Å². The summed E-state index contributed by atoms with van der Waals surface area (Å²) < 4.78 is 42.0. The molecule has 5 nitrogen and oxygen atoms in total. The molecule has 1 aliphatic rings. The lowest BCUT2D eigenvalue weighted by Gasteiger charge is -2.22. The molecule has 1 aliphatic carbocycles. The normalized spacial score (nSPS) is 14.6. The highest BCUT2D eigenvalue weighted by atomic mass is 35.5. The van der Waals surface area contributed by atoms with E-state index in [0.29, 0.717) is 10.7 Å². The monoisotopic (exact) mass is 440 g/mol. The van der Waals surface area contributed by atoms with E-state index in [1.807, 2.05) is 13.8 Å². The van der Waals surface area contributed by atoms with Crippen LogP contribution in [0.2, 0.25) is 5.02 Å². The SMILES string of the molecule is CC.O=C(Nc1cccc(Cl)c1)c1cc(S(=O)(=O)NC2CCCCC2)ccc1F. The molecule has 2 N–H and O–H groups in total. The molecule has 158 valence electrons. The molecule has 0 radical (unpaired) electrons. The van der Waals surface area contributed by atoms with Crippen LogP contribution in [0.15, 0.2) is 47.4 Å². The van der Waals surface area contributed by atoms with Gasteiger partial charge in [0.1, 0.15) is 5.82 Å². The van der Waals surface area contributed by atoms with E-state index in [-0.39, 0.29) is 16.5 Å². The zero-order valence-corrected chi connectivity index (χ0v) is 18.1. The maximum Gasteiger partial charge on any atom is 0.258 e. The van der Waals surface area contributed by atoms with Gasteiger partial charge in [-0.05, 0) is 49.2 Å². The van der Waals surface area contributed by atoms with Crippen LogP contribution in [-0.4, -0.2) is 20.4 Å². The summed E-state index contributed by atoms with van der Waals surface area (Å²) in [6.07, 6.45) is 4.61. The molecule has 0 aromatic heterocycles. The topological polar surface area (TPSA) is 75.3 Å². The first-order valence-corrected chi connectivity index (χ1v) is 11.6. The van der Waals surface area contributed by atoms with Crippen LogP contribution in [0, 0.1) is 5.82 Å². The minimum Gasteiger partial charge on any atom is -0.322 e. The van der Waals surface area contributed by atoms with E-state index in [2.05, 4.69) is 10.0 Å². The molecular formula is C21H26ClFN2O3S. The fraction of sp³-hybridized carbons (Fsp3) is 0.381. The van der Waals surface area contributed by atoms with Crippen LogP contribution in [0.1, 0.15) is 56.3 Å². The molecule has 1 amide bonds. The zero-order chi connectivity index (χ0) is 21.4. The van der Waals surface area contributed by atoms with Crippen molar-refractivity contribution in [1.29, 1.82) is 0 Å². The molecule has 0 aliphatic heterocycles. The third-order valence-electron chi connectivity index (χ3n) is 4.50. The number of rotatable bonds is 5. The summed E-state index contributed by atoms with van der Waals surface area (Å²) in [5.41, 5.74) is 0.0435. The standard InChI is InChI=1S/C19H20ClFN2O3S.C2H6/c20-13-5-4-8-15(11-13)22-19(24)17-12-16(9-10-18(17)21)27(25,26)23-14-6-2-1-3-7-14;1-2/h4-5,8-12,14,23H,1-3,6-7H2,(H,22,24);1-2H3. The second-order valence-corrected chi connectivity index (χ2v) is 8.71. The number of carbonyl (C=O) groups excluding carboxylic acids is 1. The number of halogens is 2. The van der Waals surface area contributed by atoms with Gasteiger partial charge in [0.15, 0.2) is 0 Å². The van der Waals surface area contributed by atoms with Crippen molar-refractivity contribution in [2.24, 2.45) is 0 Å². The summed E-state index contributed by atoms with van der Waals surface area (Å²) in [5.74, 6) is -1.55. The largest absolute Gasteiger partial charge is 0.322 e. The summed E-state index contributed by atoms with van der Waals surface area (Å²) in [7, 11) is -3.83. The molecule has 0 atom stereocenters. The molecule has 0 heterocycles. The average molecular weight is 441 g/mol. The summed E-state index contributed by atoms with van der Waals surface area (Å²) in [4.78, 5) is 12.3. The first-order valence-electron chi connectivity index (χ1n) is 9.74. The Morgan fingerprint density at radius 1 is 1.07 bits per heavy atom. The van der Waals surface area contributed by atoms with Crippen molar-refractivity contribution in [3.8, 4) is 0 Å². The van der Waals surface area contributed by atoms with E-state index in [4.69, 9.17) is 11.6 Å². The lowest BCUT2D eigenvalue weighted by atomic mass is 9.96. The molecule has 1 saturated carbocycles. The highest BCUT2D eigenvalue weighted by Crippen LogP contribution is 2.22. The second kappa shape index (κ2) is 10.7. The number of carbonyl (C=O) groups is 1.